The summed E-state index contributed by atoms with van der Waals surface area (Å²) >= 11 is 0. The van der Waals surface area contributed by atoms with Crippen LogP contribution in [-0.4, -0.2) is 57.2 Å². The van der Waals surface area contributed by atoms with Crippen LogP contribution in [0.4, 0.5) is 10.1 Å². The summed E-state index contributed by atoms with van der Waals surface area (Å²) in [6.45, 7) is 2.95. The van der Waals surface area contributed by atoms with Gasteiger partial charge >= 0.3 is 5.91 Å². The van der Waals surface area contributed by atoms with E-state index in [1.807, 2.05) is 6.92 Å². The van der Waals surface area contributed by atoms with Gasteiger partial charge in [0.1, 0.15) is 17.3 Å². The maximum Gasteiger partial charge on any atom is 0.332 e. The number of piperidine rings is 1. The largest absolute Gasteiger partial charge is 0.550 e. The Bertz CT molecular complexity index is 801. The zero-order valence-electron chi connectivity index (χ0n) is 14.8. The molecule has 1 aromatic rings. The number of benzene rings is 1. The minimum Gasteiger partial charge on any atom is -0.550 e. The van der Waals surface area contributed by atoms with Crippen molar-refractivity contribution in [3.05, 3.63) is 24.0 Å². The molecule has 9 heteroatoms. The summed E-state index contributed by atoms with van der Waals surface area (Å²) in [6.07, 6.45) is 1.62. The van der Waals surface area contributed by atoms with Crippen molar-refractivity contribution < 1.29 is 32.0 Å². The van der Waals surface area contributed by atoms with E-state index in [4.69, 9.17) is 0 Å². The number of likely N-dealkylation sites (N-methyl/N-ethyl adjacent to an activating group) is 1. The van der Waals surface area contributed by atoms with Gasteiger partial charge in [-0.3, -0.25) is 4.48 Å². The molecular formula is C17H23FN2O5S. The van der Waals surface area contributed by atoms with Gasteiger partial charge in [-0.05, 0) is 19.1 Å². The number of sulfone groups is 1. The van der Waals surface area contributed by atoms with E-state index in [1.165, 1.54) is 12.1 Å². The van der Waals surface area contributed by atoms with Gasteiger partial charge in [0.15, 0.2) is 9.84 Å². The Balaban J connectivity index is 2.14. The van der Waals surface area contributed by atoms with Crippen molar-refractivity contribution in [2.24, 2.45) is 5.92 Å². The molecule has 1 amide bonds. The van der Waals surface area contributed by atoms with Crippen molar-refractivity contribution in [3.8, 4) is 0 Å². The number of quaternary nitrogens is 1. The second-order valence-electron chi connectivity index (χ2n) is 6.64. The molecule has 0 radical (unpaired) electrons. The van der Waals surface area contributed by atoms with Crippen LogP contribution in [-0.2, 0) is 19.4 Å². The molecule has 0 unspecified atom stereocenters. The second-order valence-corrected chi connectivity index (χ2v) is 8.59. The minimum atomic E-state index is -3.80. The lowest BCUT2D eigenvalue weighted by Crippen LogP contribution is -2.59. The van der Waals surface area contributed by atoms with E-state index in [0.29, 0.717) is 32.5 Å². The summed E-state index contributed by atoms with van der Waals surface area (Å²) in [7, 11) is -3.80. The lowest BCUT2D eigenvalue weighted by atomic mass is 9.94. The SMILES string of the molecule is CC[N+]1(C(=O)CNc2cccc(F)c2S(C)(=O)=O)CCC(C(=O)[O-])CC1. The molecule has 7 nitrogen and oxygen atoms in total. The van der Waals surface area contributed by atoms with Gasteiger partial charge in [-0.15, -0.1) is 0 Å². The molecule has 2 rings (SSSR count). The number of nitrogens with zero attached hydrogens (tertiary/aromatic N) is 1. The first-order valence-electron chi connectivity index (χ1n) is 8.43. The molecule has 1 heterocycles. The first-order chi connectivity index (χ1) is 12.1. The van der Waals surface area contributed by atoms with Gasteiger partial charge in [0, 0.05) is 31.0 Å². The number of carbonyl (C=O) groups is 2. The van der Waals surface area contributed by atoms with E-state index < -0.39 is 32.4 Å². The zero-order valence-corrected chi connectivity index (χ0v) is 15.6. The molecule has 1 N–H and O–H groups in total. The molecule has 1 aliphatic rings. The minimum absolute atomic E-state index is 0.0414. The molecule has 26 heavy (non-hydrogen) atoms. The molecule has 1 aromatic carbocycles. The van der Waals surface area contributed by atoms with Gasteiger partial charge in [0.05, 0.1) is 25.3 Å². The zero-order chi connectivity index (χ0) is 19.5. The van der Waals surface area contributed by atoms with Gasteiger partial charge in [0.25, 0.3) is 0 Å². The average molecular weight is 386 g/mol. The van der Waals surface area contributed by atoms with Gasteiger partial charge < -0.3 is 15.2 Å². The second kappa shape index (κ2) is 7.71. The van der Waals surface area contributed by atoms with Crippen molar-refractivity contribution in [3.63, 3.8) is 0 Å². The summed E-state index contributed by atoms with van der Waals surface area (Å²) in [4.78, 5) is 23.3. The number of carbonyl (C=O) groups excluding carboxylic acids is 2. The van der Waals surface area contributed by atoms with E-state index in [1.54, 1.807) is 0 Å². The average Bonchev–Trinajstić information content (AvgIpc) is 2.58. The Hall–Kier alpha value is -2.00. The number of halogens is 1. The van der Waals surface area contributed by atoms with Crippen LogP contribution in [0.2, 0.25) is 0 Å². The highest BCUT2D eigenvalue weighted by molar-refractivity contribution is 7.90. The van der Waals surface area contributed by atoms with Crippen molar-refractivity contribution in [2.45, 2.75) is 24.7 Å². The van der Waals surface area contributed by atoms with Gasteiger partial charge in [-0.1, -0.05) is 6.07 Å². The summed E-state index contributed by atoms with van der Waals surface area (Å²) in [5.74, 6) is -2.71. The quantitative estimate of drug-likeness (QED) is 0.699. The monoisotopic (exact) mass is 386 g/mol. The van der Waals surface area contributed by atoms with Crippen LogP contribution in [0.1, 0.15) is 19.8 Å². The molecule has 1 fully saturated rings. The first kappa shape index (κ1) is 20.3. The molecule has 0 spiro atoms. The standard InChI is InChI=1S/C17H23FN2O5S/c1-3-20(9-7-12(8-10-20)17(22)23)15(21)11-19-14-6-4-5-13(18)16(14)26(2,24)25/h4-6,12,19H,3,7-11H2,1-2H3. The van der Waals surface area contributed by atoms with Crippen LogP contribution in [0.5, 0.6) is 0 Å². The molecule has 0 saturated carbocycles. The van der Waals surface area contributed by atoms with Crippen LogP contribution in [0.15, 0.2) is 23.1 Å². The lowest BCUT2D eigenvalue weighted by Gasteiger charge is -2.41. The van der Waals surface area contributed by atoms with Crippen LogP contribution in [0.3, 0.4) is 0 Å². The highest BCUT2D eigenvalue weighted by Gasteiger charge is 2.39. The third-order valence-electron chi connectivity index (χ3n) is 5.05. The van der Waals surface area contributed by atoms with Gasteiger partial charge in [-0.2, -0.15) is 0 Å². The van der Waals surface area contributed by atoms with Gasteiger partial charge in [0.2, 0.25) is 0 Å². The highest BCUT2D eigenvalue weighted by Crippen LogP contribution is 2.26. The maximum atomic E-state index is 13.9. The van der Waals surface area contributed by atoms with Crippen LogP contribution >= 0.6 is 0 Å². The number of likely N-dealkylation sites (tertiary alicyclic amines) is 1. The van der Waals surface area contributed by atoms with Crippen molar-refractivity contribution in [1.82, 2.24) is 0 Å². The van der Waals surface area contributed by atoms with Crippen molar-refractivity contribution in [1.29, 1.82) is 0 Å². The van der Waals surface area contributed by atoms with Crippen LogP contribution in [0.25, 0.3) is 0 Å². The number of rotatable bonds is 6. The number of carboxylic acids is 1. The first-order valence-corrected chi connectivity index (χ1v) is 10.3. The molecule has 0 aliphatic carbocycles. The third-order valence-corrected chi connectivity index (χ3v) is 6.20. The molecule has 1 aliphatic heterocycles. The molecular weight excluding hydrogens is 363 g/mol. The van der Waals surface area contributed by atoms with Gasteiger partial charge in [-0.25, -0.2) is 17.6 Å². The number of anilines is 1. The summed E-state index contributed by atoms with van der Waals surface area (Å²) in [6, 6.07) is 3.83. The highest BCUT2D eigenvalue weighted by atomic mass is 32.2. The number of hydrogen-bond acceptors (Lipinski definition) is 6. The topological polar surface area (TPSA) is 103 Å². The molecule has 0 bridgehead atoms. The van der Waals surface area contributed by atoms with Crippen molar-refractivity contribution >= 4 is 27.4 Å². The number of carboxylic acid groups (broad SMARTS) is 1. The van der Waals surface area contributed by atoms with Crippen LogP contribution in [0, 0.1) is 11.7 Å². The third kappa shape index (κ3) is 4.21. The van der Waals surface area contributed by atoms with E-state index in [2.05, 4.69) is 5.32 Å². The predicted molar refractivity (Wildman–Crippen MR) is 91.3 cm³/mol. The summed E-state index contributed by atoms with van der Waals surface area (Å²) in [5, 5.41) is 13.7. The Morgan fingerprint density at radius 2 is 1.92 bits per heavy atom. The van der Waals surface area contributed by atoms with E-state index in [9.17, 15) is 27.5 Å². The van der Waals surface area contributed by atoms with E-state index in [-0.39, 0.29) is 22.6 Å². The molecule has 0 aromatic heterocycles. The van der Waals surface area contributed by atoms with E-state index >= 15 is 0 Å². The van der Waals surface area contributed by atoms with Crippen molar-refractivity contribution in [2.75, 3.05) is 37.8 Å². The Kier molecular flexibility index (Phi) is 6.02. The fourth-order valence-electron chi connectivity index (χ4n) is 3.40. The van der Waals surface area contributed by atoms with E-state index in [0.717, 1.165) is 12.3 Å². The Morgan fingerprint density at radius 3 is 2.42 bits per heavy atom. The Morgan fingerprint density at radius 1 is 1.31 bits per heavy atom. The van der Waals surface area contributed by atoms with Crippen LogP contribution < -0.4 is 10.4 Å². The number of nitrogens with one attached hydrogen (secondary N) is 1. The summed E-state index contributed by atoms with van der Waals surface area (Å²) < 4.78 is 37.6. The number of hydrogen-bond donors (Lipinski definition) is 1. The smallest absolute Gasteiger partial charge is 0.332 e. The maximum absolute atomic E-state index is 13.9. The Labute approximate surface area is 152 Å². The fourth-order valence-corrected chi connectivity index (χ4v) is 4.37. The molecule has 1 saturated heterocycles. The normalized spacial score (nSPS) is 23.4. The fraction of sp³-hybridized carbons (Fsp3) is 0.529. The lowest BCUT2D eigenvalue weighted by molar-refractivity contribution is -0.858. The number of amides is 1. The summed E-state index contributed by atoms with van der Waals surface area (Å²) in [5.41, 5.74) is 0.0414. The predicted octanol–water partition coefficient (Wildman–Crippen LogP) is 0.164. The molecule has 144 valence electrons. The molecule has 0 atom stereocenters. The number of aliphatic carboxylic acids is 1.